The lowest BCUT2D eigenvalue weighted by Gasteiger charge is -2.34. The van der Waals surface area contributed by atoms with Crippen LogP contribution >= 0.6 is 0 Å². The van der Waals surface area contributed by atoms with E-state index in [1.807, 2.05) is 36.4 Å². The lowest BCUT2D eigenvalue weighted by molar-refractivity contribution is -0.136. The number of piperidine rings is 1. The van der Waals surface area contributed by atoms with Gasteiger partial charge in [-0.1, -0.05) is 43.2 Å². The number of para-hydroxylation sites is 1. The molecule has 190 valence electrons. The minimum atomic E-state index is -0.572. The summed E-state index contributed by atoms with van der Waals surface area (Å²) in [4.78, 5) is 38.5. The maximum atomic E-state index is 13.0. The van der Waals surface area contributed by atoms with Crippen molar-refractivity contribution in [2.45, 2.75) is 76.5 Å². The number of carbonyl (C=O) groups excluding carboxylic acids is 3. The van der Waals surface area contributed by atoms with Crippen LogP contribution in [0.2, 0.25) is 0 Å². The van der Waals surface area contributed by atoms with Gasteiger partial charge in [-0.3, -0.25) is 19.7 Å². The monoisotopic (exact) mass is 489 g/mol. The number of nitrogens with one attached hydrogen (secondary N) is 2. The highest BCUT2D eigenvalue weighted by Gasteiger charge is 2.39. The highest BCUT2D eigenvalue weighted by atomic mass is 16.5. The first kappa shape index (κ1) is 24.5. The summed E-state index contributed by atoms with van der Waals surface area (Å²) in [5.41, 5.74) is 2.89. The molecule has 2 heterocycles. The van der Waals surface area contributed by atoms with Crippen LogP contribution in [0.4, 0.5) is 0 Å². The molecule has 1 aliphatic carbocycles. The van der Waals surface area contributed by atoms with Gasteiger partial charge in [0, 0.05) is 30.6 Å². The molecule has 5 rings (SSSR count). The van der Waals surface area contributed by atoms with E-state index in [0.717, 1.165) is 24.2 Å². The van der Waals surface area contributed by atoms with Gasteiger partial charge in [0.2, 0.25) is 11.8 Å². The molecular weight excluding hydrogens is 454 g/mol. The van der Waals surface area contributed by atoms with Gasteiger partial charge in [0.05, 0.1) is 0 Å². The third kappa shape index (κ3) is 5.46. The number of amides is 3. The van der Waals surface area contributed by atoms with Gasteiger partial charge >= 0.3 is 0 Å². The molecule has 4 atom stereocenters. The molecule has 2 unspecified atom stereocenters. The molecule has 0 aromatic heterocycles. The van der Waals surface area contributed by atoms with Crippen LogP contribution in [0.25, 0.3) is 0 Å². The van der Waals surface area contributed by atoms with Crippen LogP contribution in [0.5, 0.6) is 5.75 Å². The van der Waals surface area contributed by atoms with Crippen molar-refractivity contribution in [1.29, 1.82) is 0 Å². The lowest BCUT2D eigenvalue weighted by atomic mass is 9.80. The predicted molar refractivity (Wildman–Crippen MR) is 136 cm³/mol. The number of rotatable bonds is 8. The zero-order valence-electron chi connectivity index (χ0n) is 20.9. The minimum Gasteiger partial charge on any atom is -0.492 e. The van der Waals surface area contributed by atoms with E-state index in [4.69, 9.17) is 4.74 Å². The van der Waals surface area contributed by atoms with Crippen LogP contribution in [0.1, 0.15) is 66.9 Å². The van der Waals surface area contributed by atoms with Crippen LogP contribution in [0.3, 0.4) is 0 Å². The van der Waals surface area contributed by atoms with Crippen LogP contribution in [-0.2, 0) is 22.6 Å². The fraction of sp³-hybridized carbons (Fsp3) is 0.483. The maximum Gasteiger partial charge on any atom is 0.255 e. The van der Waals surface area contributed by atoms with E-state index in [2.05, 4.69) is 29.7 Å². The number of fused-ring (bicyclic) bond motifs is 1. The first-order chi connectivity index (χ1) is 17.5. The van der Waals surface area contributed by atoms with Gasteiger partial charge in [-0.05, 0) is 67.9 Å². The van der Waals surface area contributed by atoms with E-state index >= 15 is 0 Å². The molecule has 0 bridgehead atoms. The Morgan fingerprint density at radius 3 is 2.67 bits per heavy atom. The standard InChI is InChI=1S/C29H35N3O4/c1-19(18-36-23-8-3-2-4-9-23)30-25-10-6-5-7-21(25)15-20-11-12-24-22(16-20)17-32(29(24)35)26-13-14-27(33)31-28(26)34/h2-4,8-9,11-12,16,19,21,25-26,30H,5-7,10,13-15,17-18H2,1H3,(H,31,33,34)/t19?,21-,25+,26?/m1/s1. The van der Waals surface area contributed by atoms with Gasteiger partial charge in [0.15, 0.2) is 0 Å². The quantitative estimate of drug-likeness (QED) is 0.553. The van der Waals surface area contributed by atoms with Crippen molar-refractivity contribution in [3.05, 3.63) is 65.2 Å². The van der Waals surface area contributed by atoms with E-state index in [1.165, 1.54) is 24.8 Å². The Labute approximate surface area is 212 Å². The molecule has 36 heavy (non-hydrogen) atoms. The Morgan fingerprint density at radius 2 is 1.86 bits per heavy atom. The first-order valence-electron chi connectivity index (χ1n) is 13.2. The van der Waals surface area contributed by atoms with Gasteiger partial charge in [-0.25, -0.2) is 0 Å². The molecule has 1 saturated heterocycles. The summed E-state index contributed by atoms with van der Waals surface area (Å²) in [5, 5.41) is 6.19. The van der Waals surface area contributed by atoms with Gasteiger partial charge < -0.3 is 15.0 Å². The SMILES string of the molecule is CC(COc1ccccc1)N[C@H]1CCCC[C@@H]1Cc1ccc2c(c1)CN(C1CCC(=O)NC1=O)C2=O. The Hall–Kier alpha value is -3.19. The van der Waals surface area contributed by atoms with Gasteiger partial charge in [-0.2, -0.15) is 0 Å². The van der Waals surface area contributed by atoms with Crippen LogP contribution in [0.15, 0.2) is 48.5 Å². The topological polar surface area (TPSA) is 87.7 Å². The second-order valence-electron chi connectivity index (χ2n) is 10.4. The van der Waals surface area contributed by atoms with Crippen molar-refractivity contribution in [1.82, 2.24) is 15.5 Å². The van der Waals surface area contributed by atoms with Crippen LogP contribution in [-0.4, -0.2) is 47.4 Å². The molecule has 2 aromatic carbocycles. The van der Waals surface area contributed by atoms with Crippen molar-refractivity contribution in [3.63, 3.8) is 0 Å². The lowest BCUT2D eigenvalue weighted by Crippen LogP contribution is -2.52. The molecule has 7 nitrogen and oxygen atoms in total. The highest BCUT2D eigenvalue weighted by Crippen LogP contribution is 2.32. The second kappa shape index (κ2) is 10.8. The summed E-state index contributed by atoms with van der Waals surface area (Å²) < 4.78 is 5.95. The van der Waals surface area contributed by atoms with E-state index in [0.29, 0.717) is 37.1 Å². The molecule has 2 N–H and O–H groups in total. The Bertz CT molecular complexity index is 1120. The molecule has 1 saturated carbocycles. The fourth-order valence-electron chi connectivity index (χ4n) is 5.88. The van der Waals surface area contributed by atoms with Crippen molar-refractivity contribution >= 4 is 17.7 Å². The number of hydrogen-bond acceptors (Lipinski definition) is 5. The van der Waals surface area contributed by atoms with Gasteiger partial charge in [0.25, 0.3) is 5.91 Å². The third-order valence-electron chi connectivity index (χ3n) is 7.74. The fourth-order valence-corrected chi connectivity index (χ4v) is 5.88. The number of benzene rings is 2. The second-order valence-corrected chi connectivity index (χ2v) is 10.4. The molecule has 2 fully saturated rings. The van der Waals surface area contributed by atoms with E-state index in [9.17, 15) is 14.4 Å². The molecule has 3 amide bonds. The average molecular weight is 490 g/mol. The summed E-state index contributed by atoms with van der Waals surface area (Å²) in [7, 11) is 0. The highest BCUT2D eigenvalue weighted by molar-refractivity contribution is 6.05. The molecule has 2 aromatic rings. The largest absolute Gasteiger partial charge is 0.492 e. The van der Waals surface area contributed by atoms with Gasteiger partial charge in [0.1, 0.15) is 18.4 Å². The smallest absolute Gasteiger partial charge is 0.255 e. The molecule has 0 spiro atoms. The maximum absolute atomic E-state index is 13.0. The summed E-state index contributed by atoms with van der Waals surface area (Å²) >= 11 is 0. The summed E-state index contributed by atoms with van der Waals surface area (Å²) in [6.07, 6.45) is 6.44. The number of nitrogens with zero attached hydrogens (tertiary/aromatic N) is 1. The number of ether oxygens (including phenoxy) is 1. The Balaban J connectivity index is 1.20. The van der Waals surface area contributed by atoms with Crippen molar-refractivity contribution in [2.75, 3.05) is 6.61 Å². The molecule has 0 radical (unpaired) electrons. The van der Waals surface area contributed by atoms with Crippen molar-refractivity contribution in [2.24, 2.45) is 5.92 Å². The van der Waals surface area contributed by atoms with E-state index < -0.39 is 6.04 Å². The first-order valence-corrected chi connectivity index (χ1v) is 13.2. The zero-order valence-corrected chi connectivity index (χ0v) is 20.9. The van der Waals surface area contributed by atoms with E-state index in [1.54, 1.807) is 4.90 Å². The molecule has 3 aliphatic rings. The number of hydrogen-bond donors (Lipinski definition) is 2. The predicted octanol–water partition coefficient (Wildman–Crippen LogP) is 3.61. The van der Waals surface area contributed by atoms with Crippen molar-refractivity contribution < 1.29 is 19.1 Å². The van der Waals surface area contributed by atoms with Crippen molar-refractivity contribution in [3.8, 4) is 5.75 Å². The third-order valence-corrected chi connectivity index (χ3v) is 7.74. The minimum absolute atomic E-state index is 0.115. The van der Waals surface area contributed by atoms with Crippen LogP contribution in [0, 0.1) is 5.92 Å². The van der Waals surface area contributed by atoms with E-state index in [-0.39, 0.29) is 30.2 Å². The Morgan fingerprint density at radius 1 is 1.06 bits per heavy atom. The molecular formula is C29H35N3O4. The molecule has 7 heteroatoms. The number of carbonyl (C=O) groups is 3. The molecule has 2 aliphatic heterocycles. The zero-order chi connectivity index (χ0) is 25.1. The average Bonchev–Trinajstić information content (AvgIpc) is 3.20. The summed E-state index contributed by atoms with van der Waals surface area (Å²) in [5.74, 6) is 0.675. The van der Waals surface area contributed by atoms with Crippen LogP contribution < -0.4 is 15.4 Å². The van der Waals surface area contributed by atoms with Gasteiger partial charge in [-0.15, -0.1) is 0 Å². The Kier molecular flexibility index (Phi) is 7.37. The number of imide groups is 1. The summed E-state index contributed by atoms with van der Waals surface area (Å²) in [6, 6.07) is 16.2. The summed E-state index contributed by atoms with van der Waals surface area (Å²) in [6.45, 7) is 3.23. The normalized spacial score (nSPS) is 24.9.